The maximum Gasteiger partial charge on any atom is 0.410 e. The largest absolute Gasteiger partial charge is 0.493 e. The van der Waals surface area contributed by atoms with Gasteiger partial charge < -0.3 is 9.47 Å². The summed E-state index contributed by atoms with van der Waals surface area (Å²) < 4.78 is 24.8. The van der Waals surface area contributed by atoms with Crippen LogP contribution in [0.15, 0.2) is 54.6 Å². The summed E-state index contributed by atoms with van der Waals surface area (Å²) in [4.78, 5) is 14.5. The van der Waals surface area contributed by atoms with Gasteiger partial charge in [0.2, 0.25) is 0 Å². The first-order valence-electron chi connectivity index (χ1n) is 9.78. The Hall–Kier alpha value is -2.82. The molecule has 1 fully saturated rings. The van der Waals surface area contributed by atoms with Crippen LogP contribution in [0.4, 0.5) is 9.18 Å². The average Bonchev–Trinajstić information content (AvgIpc) is 2.97. The van der Waals surface area contributed by atoms with E-state index in [0.29, 0.717) is 12.4 Å². The lowest BCUT2D eigenvalue weighted by molar-refractivity contribution is 0.0832. The van der Waals surface area contributed by atoms with Crippen LogP contribution < -0.4 is 4.74 Å². The van der Waals surface area contributed by atoms with E-state index in [1.165, 1.54) is 12.1 Å². The molecular weight excluding hydrogens is 357 g/mol. The molecule has 0 aliphatic carbocycles. The molecule has 2 heterocycles. The van der Waals surface area contributed by atoms with Crippen molar-refractivity contribution in [3.05, 3.63) is 71.6 Å². The maximum atomic E-state index is 13.6. The fraction of sp³-hybridized carbons (Fsp3) is 0.348. The number of halogens is 1. The van der Waals surface area contributed by atoms with E-state index in [-0.39, 0.29) is 30.6 Å². The molecule has 2 aliphatic rings. The molecule has 146 valence electrons. The van der Waals surface area contributed by atoms with Crippen LogP contribution in [0.1, 0.15) is 37.3 Å². The number of hydrogen-bond donors (Lipinski definition) is 0. The Morgan fingerprint density at radius 2 is 2.00 bits per heavy atom. The third-order valence-electron chi connectivity index (χ3n) is 5.40. The zero-order valence-corrected chi connectivity index (χ0v) is 15.9. The molecule has 0 aromatic heterocycles. The van der Waals surface area contributed by atoms with Gasteiger partial charge in [-0.1, -0.05) is 36.4 Å². The van der Waals surface area contributed by atoms with Crippen LogP contribution >= 0.6 is 0 Å². The summed E-state index contributed by atoms with van der Waals surface area (Å²) in [5.74, 6) is 0.256. The molecule has 4 rings (SSSR count). The van der Waals surface area contributed by atoms with Crippen molar-refractivity contribution in [3.8, 4) is 5.75 Å². The van der Waals surface area contributed by atoms with Crippen molar-refractivity contribution in [1.29, 1.82) is 0 Å². The van der Waals surface area contributed by atoms with Gasteiger partial charge in [0.05, 0.1) is 12.6 Å². The van der Waals surface area contributed by atoms with E-state index in [1.54, 1.807) is 6.07 Å². The van der Waals surface area contributed by atoms with Crippen molar-refractivity contribution in [2.45, 2.75) is 44.9 Å². The third kappa shape index (κ3) is 3.75. The van der Waals surface area contributed by atoms with E-state index in [2.05, 4.69) is 6.08 Å². The lowest BCUT2D eigenvalue weighted by Crippen LogP contribution is -2.43. The summed E-state index contributed by atoms with van der Waals surface area (Å²) in [6, 6.07) is 14.5. The Kier molecular flexibility index (Phi) is 5.33. The van der Waals surface area contributed by atoms with E-state index in [9.17, 15) is 9.18 Å². The predicted octanol–water partition coefficient (Wildman–Crippen LogP) is 5.18. The number of amides is 1. The minimum Gasteiger partial charge on any atom is -0.493 e. The number of hydrogen-bond acceptors (Lipinski definition) is 3. The second-order valence-electron chi connectivity index (χ2n) is 7.22. The highest BCUT2D eigenvalue weighted by atomic mass is 19.1. The standard InChI is InChI=1S/C23H24FNO3/c1-2-27-22-14-18(24)8-11-21(22)17-12-19-9-10-20(13-17)25(19)23(26)28-15-16-6-4-3-5-7-16/h3-8,11-12,14,19-20H,2,9-10,13,15H2,1H3. The molecular formula is C23H24FNO3. The number of benzene rings is 2. The van der Waals surface area contributed by atoms with Crippen molar-refractivity contribution in [2.24, 2.45) is 0 Å². The first kappa shape index (κ1) is 18.5. The van der Waals surface area contributed by atoms with Gasteiger partial charge in [0.15, 0.2) is 0 Å². The van der Waals surface area contributed by atoms with Crippen LogP contribution in [0.3, 0.4) is 0 Å². The van der Waals surface area contributed by atoms with Crippen molar-refractivity contribution in [2.75, 3.05) is 6.61 Å². The predicted molar refractivity (Wildman–Crippen MR) is 105 cm³/mol. The summed E-state index contributed by atoms with van der Waals surface area (Å²) in [7, 11) is 0. The first-order valence-corrected chi connectivity index (χ1v) is 9.78. The highest BCUT2D eigenvalue weighted by Gasteiger charge is 2.41. The molecule has 0 N–H and O–H groups in total. The van der Waals surface area contributed by atoms with Gasteiger partial charge in [-0.05, 0) is 49.5 Å². The second kappa shape index (κ2) is 8.05. The summed E-state index contributed by atoms with van der Waals surface area (Å²) in [5.41, 5.74) is 3.00. The maximum absolute atomic E-state index is 13.6. The van der Waals surface area contributed by atoms with Crippen molar-refractivity contribution >= 4 is 11.7 Å². The first-order chi connectivity index (χ1) is 13.7. The number of nitrogens with zero attached hydrogens (tertiary/aromatic N) is 1. The SMILES string of the molecule is CCOc1cc(F)ccc1C1=CC2CCC(C1)N2C(=O)OCc1ccccc1. The Labute approximate surface area is 164 Å². The van der Waals surface area contributed by atoms with E-state index in [4.69, 9.17) is 9.47 Å². The molecule has 2 unspecified atom stereocenters. The highest BCUT2D eigenvalue weighted by molar-refractivity contribution is 5.77. The lowest BCUT2D eigenvalue weighted by atomic mass is 9.94. The molecule has 28 heavy (non-hydrogen) atoms. The minimum absolute atomic E-state index is 0.0107. The Balaban J connectivity index is 1.50. The molecule has 0 radical (unpaired) electrons. The molecule has 0 saturated carbocycles. The number of rotatable bonds is 5. The fourth-order valence-electron chi connectivity index (χ4n) is 4.14. The van der Waals surface area contributed by atoms with Gasteiger partial charge in [0.1, 0.15) is 18.2 Å². The van der Waals surface area contributed by atoms with Crippen LogP contribution in [0, 0.1) is 5.82 Å². The van der Waals surface area contributed by atoms with Gasteiger partial charge in [-0.25, -0.2) is 9.18 Å². The zero-order valence-electron chi connectivity index (χ0n) is 15.9. The van der Waals surface area contributed by atoms with Gasteiger partial charge in [0, 0.05) is 17.7 Å². The van der Waals surface area contributed by atoms with Gasteiger partial charge in [-0.2, -0.15) is 0 Å². The van der Waals surface area contributed by atoms with Gasteiger partial charge in [0.25, 0.3) is 0 Å². The summed E-state index contributed by atoms with van der Waals surface area (Å²) in [5, 5.41) is 0. The average molecular weight is 381 g/mol. The number of carbonyl (C=O) groups is 1. The number of fused-ring (bicyclic) bond motifs is 2. The molecule has 2 aromatic rings. The molecule has 0 spiro atoms. The van der Waals surface area contributed by atoms with Crippen molar-refractivity contribution in [3.63, 3.8) is 0 Å². The molecule has 1 amide bonds. The third-order valence-corrected chi connectivity index (χ3v) is 5.40. The lowest BCUT2D eigenvalue weighted by Gasteiger charge is -2.33. The molecule has 5 heteroatoms. The highest BCUT2D eigenvalue weighted by Crippen LogP contribution is 2.41. The van der Waals surface area contributed by atoms with Gasteiger partial charge in [-0.3, -0.25) is 4.90 Å². The van der Waals surface area contributed by atoms with Crippen LogP contribution in [0.2, 0.25) is 0 Å². The molecule has 2 aromatic carbocycles. The zero-order chi connectivity index (χ0) is 19.5. The van der Waals surface area contributed by atoms with E-state index < -0.39 is 0 Å². The van der Waals surface area contributed by atoms with E-state index in [1.807, 2.05) is 42.2 Å². The topological polar surface area (TPSA) is 38.8 Å². The summed E-state index contributed by atoms with van der Waals surface area (Å²) in [6.07, 6.45) is 4.43. The van der Waals surface area contributed by atoms with Crippen LogP contribution in [-0.2, 0) is 11.3 Å². The number of ether oxygens (including phenoxy) is 2. The molecule has 2 aliphatic heterocycles. The molecule has 2 bridgehead atoms. The van der Waals surface area contributed by atoms with Gasteiger partial charge >= 0.3 is 6.09 Å². The monoisotopic (exact) mass is 381 g/mol. The molecule has 1 saturated heterocycles. The minimum atomic E-state index is -0.308. The van der Waals surface area contributed by atoms with Crippen LogP contribution in [0.25, 0.3) is 5.57 Å². The Bertz CT molecular complexity index is 881. The Morgan fingerprint density at radius 1 is 1.18 bits per heavy atom. The van der Waals surface area contributed by atoms with Crippen LogP contribution in [0.5, 0.6) is 5.75 Å². The summed E-state index contributed by atoms with van der Waals surface area (Å²) in [6.45, 7) is 2.64. The second-order valence-corrected chi connectivity index (χ2v) is 7.22. The molecule has 4 nitrogen and oxygen atoms in total. The van der Waals surface area contributed by atoms with Crippen molar-refractivity contribution in [1.82, 2.24) is 4.90 Å². The van der Waals surface area contributed by atoms with E-state index in [0.717, 1.165) is 36.0 Å². The molecule has 2 atom stereocenters. The normalized spacial score (nSPS) is 20.6. The van der Waals surface area contributed by atoms with Crippen molar-refractivity contribution < 1.29 is 18.7 Å². The number of carbonyl (C=O) groups excluding carboxylic acids is 1. The fourth-order valence-corrected chi connectivity index (χ4v) is 4.14. The quantitative estimate of drug-likeness (QED) is 0.716. The van der Waals surface area contributed by atoms with Crippen LogP contribution in [-0.4, -0.2) is 29.7 Å². The van der Waals surface area contributed by atoms with E-state index >= 15 is 0 Å². The Morgan fingerprint density at radius 3 is 2.75 bits per heavy atom. The smallest absolute Gasteiger partial charge is 0.410 e. The van der Waals surface area contributed by atoms with Gasteiger partial charge in [-0.15, -0.1) is 0 Å². The summed E-state index contributed by atoms with van der Waals surface area (Å²) >= 11 is 0.